The molecule has 4 nitrogen and oxygen atoms in total. The van der Waals surface area contributed by atoms with E-state index in [0.717, 1.165) is 22.3 Å². The number of aryl methyl sites for hydroxylation is 1. The Kier molecular flexibility index (Phi) is 3.62. The normalized spacial score (nSPS) is 11.4. The molecule has 0 amide bonds. The third-order valence-electron chi connectivity index (χ3n) is 3.43. The van der Waals surface area contributed by atoms with E-state index in [0.29, 0.717) is 18.7 Å². The molecule has 0 unspecified atom stereocenters. The van der Waals surface area contributed by atoms with Gasteiger partial charge in [0, 0.05) is 18.0 Å². The van der Waals surface area contributed by atoms with Crippen LogP contribution in [-0.4, -0.2) is 11.9 Å². The molecule has 108 valence electrons. The van der Waals surface area contributed by atoms with Crippen molar-refractivity contribution in [3.8, 4) is 0 Å². The van der Waals surface area contributed by atoms with Crippen LogP contribution in [0.25, 0.3) is 11.0 Å². The van der Waals surface area contributed by atoms with Gasteiger partial charge in [0.25, 0.3) is 0 Å². The van der Waals surface area contributed by atoms with E-state index in [4.69, 9.17) is 8.83 Å². The van der Waals surface area contributed by atoms with Gasteiger partial charge < -0.3 is 8.83 Å². The van der Waals surface area contributed by atoms with Gasteiger partial charge >= 0.3 is 5.63 Å². The lowest BCUT2D eigenvalue weighted by molar-refractivity contribution is 0.288. The quantitative estimate of drug-likeness (QED) is 0.689. The molecular formula is C17H17NO3. The molecule has 0 spiro atoms. The van der Waals surface area contributed by atoms with E-state index >= 15 is 0 Å². The molecule has 0 radical (unpaired) electrons. The second kappa shape index (κ2) is 5.58. The number of benzene rings is 1. The van der Waals surface area contributed by atoms with Gasteiger partial charge in [-0.15, -0.1) is 0 Å². The summed E-state index contributed by atoms with van der Waals surface area (Å²) in [4.78, 5) is 13.8. The first-order chi connectivity index (χ1) is 10.1. The standard InChI is InChI=1S/C17H17NO3/c1-12-5-6-15-13(9-17(19)21-16(15)8-12)10-18(2)11-14-4-3-7-20-14/h3-9H,10-11H2,1-2H3. The summed E-state index contributed by atoms with van der Waals surface area (Å²) in [5.41, 5.74) is 2.38. The summed E-state index contributed by atoms with van der Waals surface area (Å²) in [5.74, 6) is 0.903. The van der Waals surface area contributed by atoms with Crippen LogP contribution in [0.2, 0.25) is 0 Å². The maximum atomic E-state index is 11.7. The van der Waals surface area contributed by atoms with Crippen LogP contribution in [0.15, 0.2) is 56.3 Å². The fourth-order valence-corrected chi connectivity index (χ4v) is 2.48. The minimum Gasteiger partial charge on any atom is -0.468 e. The third-order valence-corrected chi connectivity index (χ3v) is 3.43. The monoisotopic (exact) mass is 283 g/mol. The van der Waals surface area contributed by atoms with Crippen LogP contribution in [-0.2, 0) is 13.1 Å². The fourth-order valence-electron chi connectivity index (χ4n) is 2.48. The molecule has 3 aromatic rings. The molecule has 2 heterocycles. The SMILES string of the molecule is Cc1ccc2c(CN(C)Cc3ccco3)cc(=O)oc2c1. The number of furan rings is 1. The summed E-state index contributed by atoms with van der Waals surface area (Å²) in [6.07, 6.45) is 1.67. The molecule has 1 aromatic carbocycles. The Labute approximate surface area is 122 Å². The van der Waals surface area contributed by atoms with Crippen molar-refractivity contribution in [2.45, 2.75) is 20.0 Å². The van der Waals surface area contributed by atoms with Crippen molar-refractivity contribution in [2.24, 2.45) is 0 Å². The molecular weight excluding hydrogens is 266 g/mol. The van der Waals surface area contributed by atoms with E-state index in [1.165, 1.54) is 0 Å². The Bertz CT molecular complexity index is 803. The molecule has 0 aliphatic heterocycles. The molecule has 0 atom stereocenters. The lowest BCUT2D eigenvalue weighted by Gasteiger charge is -2.16. The van der Waals surface area contributed by atoms with E-state index in [1.807, 2.05) is 44.3 Å². The Morgan fingerprint density at radius 2 is 2.00 bits per heavy atom. The summed E-state index contributed by atoms with van der Waals surface area (Å²) >= 11 is 0. The second-order valence-corrected chi connectivity index (χ2v) is 5.34. The smallest absolute Gasteiger partial charge is 0.336 e. The Morgan fingerprint density at radius 3 is 2.76 bits per heavy atom. The number of hydrogen-bond acceptors (Lipinski definition) is 4. The highest BCUT2D eigenvalue weighted by molar-refractivity contribution is 5.80. The molecule has 21 heavy (non-hydrogen) atoms. The number of fused-ring (bicyclic) bond motifs is 1. The zero-order valence-corrected chi connectivity index (χ0v) is 12.1. The van der Waals surface area contributed by atoms with Crippen molar-refractivity contribution < 1.29 is 8.83 Å². The first-order valence-corrected chi connectivity index (χ1v) is 6.86. The van der Waals surface area contributed by atoms with E-state index in [1.54, 1.807) is 12.3 Å². The average molecular weight is 283 g/mol. The lowest BCUT2D eigenvalue weighted by Crippen LogP contribution is -2.18. The summed E-state index contributed by atoms with van der Waals surface area (Å²) in [5, 5.41) is 0.978. The predicted molar refractivity (Wildman–Crippen MR) is 81.1 cm³/mol. The number of nitrogens with zero attached hydrogens (tertiary/aromatic N) is 1. The minimum atomic E-state index is -0.311. The molecule has 0 saturated carbocycles. The fraction of sp³-hybridized carbons (Fsp3) is 0.235. The van der Waals surface area contributed by atoms with Crippen LogP contribution < -0.4 is 5.63 Å². The van der Waals surface area contributed by atoms with Gasteiger partial charge in [0.2, 0.25) is 0 Å². The van der Waals surface area contributed by atoms with Crippen LogP contribution in [0.3, 0.4) is 0 Å². The van der Waals surface area contributed by atoms with E-state index < -0.39 is 0 Å². The van der Waals surface area contributed by atoms with Gasteiger partial charge in [-0.2, -0.15) is 0 Å². The molecule has 0 saturated heterocycles. The van der Waals surface area contributed by atoms with E-state index in [9.17, 15) is 4.79 Å². The molecule has 3 rings (SSSR count). The van der Waals surface area contributed by atoms with Crippen molar-refractivity contribution in [1.29, 1.82) is 0 Å². The van der Waals surface area contributed by atoms with Crippen molar-refractivity contribution in [1.82, 2.24) is 4.90 Å². The van der Waals surface area contributed by atoms with Crippen LogP contribution in [0, 0.1) is 6.92 Å². The molecule has 4 heteroatoms. The zero-order valence-electron chi connectivity index (χ0n) is 12.1. The average Bonchev–Trinajstić information content (AvgIpc) is 2.90. The highest BCUT2D eigenvalue weighted by Crippen LogP contribution is 2.20. The predicted octanol–water partition coefficient (Wildman–Crippen LogP) is 3.33. The molecule has 0 aliphatic carbocycles. The van der Waals surface area contributed by atoms with E-state index in [-0.39, 0.29) is 5.63 Å². The number of hydrogen-bond donors (Lipinski definition) is 0. The molecule has 0 bridgehead atoms. The minimum absolute atomic E-state index is 0.311. The van der Waals surface area contributed by atoms with Crippen LogP contribution in [0.1, 0.15) is 16.9 Å². The molecule has 0 aliphatic rings. The molecule has 0 fully saturated rings. The second-order valence-electron chi connectivity index (χ2n) is 5.34. The van der Waals surface area contributed by atoms with Gasteiger partial charge in [0.15, 0.2) is 0 Å². The van der Waals surface area contributed by atoms with Crippen molar-refractivity contribution in [3.63, 3.8) is 0 Å². The van der Waals surface area contributed by atoms with E-state index in [2.05, 4.69) is 4.90 Å². The maximum Gasteiger partial charge on any atom is 0.336 e. The highest BCUT2D eigenvalue weighted by Gasteiger charge is 2.09. The van der Waals surface area contributed by atoms with Crippen molar-refractivity contribution in [3.05, 3.63) is 70.0 Å². The zero-order chi connectivity index (χ0) is 14.8. The molecule has 2 aromatic heterocycles. The van der Waals surface area contributed by atoms with Crippen LogP contribution in [0.5, 0.6) is 0 Å². The summed E-state index contributed by atoms with van der Waals surface area (Å²) in [6, 6.07) is 11.3. The lowest BCUT2D eigenvalue weighted by atomic mass is 10.1. The van der Waals surface area contributed by atoms with Gasteiger partial charge in [-0.3, -0.25) is 4.90 Å². The van der Waals surface area contributed by atoms with Crippen LogP contribution in [0.4, 0.5) is 0 Å². The summed E-state index contributed by atoms with van der Waals surface area (Å²) in [7, 11) is 2.00. The van der Waals surface area contributed by atoms with Gasteiger partial charge in [-0.1, -0.05) is 12.1 Å². The largest absolute Gasteiger partial charge is 0.468 e. The number of rotatable bonds is 4. The van der Waals surface area contributed by atoms with Gasteiger partial charge in [0.1, 0.15) is 11.3 Å². The maximum absolute atomic E-state index is 11.7. The highest BCUT2D eigenvalue weighted by atomic mass is 16.4. The van der Waals surface area contributed by atoms with Gasteiger partial charge in [0.05, 0.1) is 12.8 Å². The molecule has 0 N–H and O–H groups in total. The summed E-state index contributed by atoms with van der Waals surface area (Å²) < 4.78 is 10.6. The van der Waals surface area contributed by atoms with Gasteiger partial charge in [-0.05, 0) is 43.3 Å². The third kappa shape index (κ3) is 3.06. The van der Waals surface area contributed by atoms with Gasteiger partial charge in [-0.25, -0.2) is 4.79 Å². The van der Waals surface area contributed by atoms with Crippen molar-refractivity contribution >= 4 is 11.0 Å². The Hall–Kier alpha value is -2.33. The first-order valence-electron chi connectivity index (χ1n) is 6.86. The van der Waals surface area contributed by atoms with Crippen LogP contribution >= 0.6 is 0 Å². The first kappa shape index (κ1) is 13.6. The Balaban J connectivity index is 1.91. The summed E-state index contributed by atoms with van der Waals surface area (Å²) in [6.45, 7) is 3.33. The Morgan fingerprint density at radius 1 is 1.14 bits per heavy atom. The van der Waals surface area contributed by atoms with Crippen molar-refractivity contribution in [2.75, 3.05) is 7.05 Å². The topological polar surface area (TPSA) is 46.6 Å².